The molecule has 0 bridgehead atoms. The number of hydrogen-bond acceptors (Lipinski definition) is 6. The van der Waals surface area contributed by atoms with E-state index in [-0.39, 0.29) is 18.0 Å². The van der Waals surface area contributed by atoms with E-state index in [2.05, 4.69) is 25.5 Å². The highest BCUT2D eigenvalue weighted by Gasteiger charge is 2.33. The lowest BCUT2D eigenvalue weighted by atomic mass is 9.89. The Morgan fingerprint density at radius 2 is 1.87 bits per heavy atom. The van der Waals surface area contributed by atoms with Gasteiger partial charge >= 0.3 is 6.09 Å². The average molecular weight is 410 g/mol. The molecule has 1 saturated heterocycles. The number of nitrogens with zero attached hydrogens (tertiary/aromatic N) is 4. The molecule has 0 saturated carbocycles. The van der Waals surface area contributed by atoms with Gasteiger partial charge in [0.1, 0.15) is 0 Å². The molecule has 1 aromatic heterocycles. The molecule has 158 valence electrons. The van der Waals surface area contributed by atoms with Crippen LogP contribution in [0.5, 0.6) is 0 Å². The summed E-state index contributed by atoms with van der Waals surface area (Å²) in [4.78, 5) is 36.4. The lowest BCUT2D eigenvalue weighted by Crippen LogP contribution is -2.45. The van der Waals surface area contributed by atoms with Crippen molar-refractivity contribution >= 4 is 23.6 Å². The summed E-state index contributed by atoms with van der Waals surface area (Å²) in [6.07, 6.45) is 3.02. The molecule has 2 atom stereocenters. The number of hydrogen-bond donors (Lipinski definition) is 3. The van der Waals surface area contributed by atoms with Gasteiger partial charge in [-0.25, -0.2) is 14.8 Å². The number of carboxylic acid groups (broad SMARTS) is 1. The molecule has 3 N–H and O–H groups in total. The number of amides is 2. The summed E-state index contributed by atoms with van der Waals surface area (Å²) in [5.41, 5.74) is 3.26. The van der Waals surface area contributed by atoms with Crippen molar-refractivity contribution in [1.29, 1.82) is 0 Å². The van der Waals surface area contributed by atoms with E-state index < -0.39 is 6.09 Å². The first-order chi connectivity index (χ1) is 14.4. The van der Waals surface area contributed by atoms with E-state index in [1.807, 2.05) is 25.1 Å². The zero-order chi connectivity index (χ0) is 21.3. The molecule has 2 amide bonds. The molecule has 0 unspecified atom stereocenters. The van der Waals surface area contributed by atoms with E-state index >= 15 is 0 Å². The molecule has 1 fully saturated rings. The van der Waals surface area contributed by atoms with Crippen molar-refractivity contribution < 1.29 is 14.7 Å². The highest BCUT2D eigenvalue weighted by Crippen LogP contribution is 2.39. The summed E-state index contributed by atoms with van der Waals surface area (Å²) in [7, 11) is 0. The summed E-state index contributed by atoms with van der Waals surface area (Å²) >= 11 is 0. The van der Waals surface area contributed by atoms with Gasteiger partial charge in [-0.1, -0.05) is 6.07 Å². The van der Waals surface area contributed by atoms with Crippen LogP contribution in [-0.4, -0.2) is 59.3 Å². The fourth-order valence-corrected chi connectivity index (χ4v) is 4.31. The van der Waals surface area contributed by atoms with Crippen LogP contribution in [0.25, 0.3) is 11.1 Å². The third-order valence-corrected chi connectivity index (χ3v) is 5.69. The minimum Gasteiger partial charge on any atom is -0.465 e. The second kappa shape index (κ2) is 8.27. The predicted molar refractivity (Wildman–Crippen MR) is 114 cm³/mol. The van der Waals surface area contributed by atoms with Crippen molar-refractivity contribution in [3.8, 4) is 11.1 Å². The first kappa shape index (κ1) is 20.1. The molecule has 0 aliphatic carbocycles. The van der Waals surface area contributed by atoms with Gasteiger partial charge in [-0.2, -0.15) is 0 Å². The van der Waals surface area contributed by atoms with E-state index in [0.29, 0.717) is 12.4 Å². The fourth-order valence-electron chi connectivity index (χ4n) is 4.31. The Bertz CT molecular complexity index is 942. The molecule has 0 radical (unpaired) electrons. The molecule has 30 heavy (non-hydrogen) atoms. The number of fused-ring (bicyclic) bond motifs is 1. The maximum atomic E-state index is 12.2. The van der Waals surface area contributed by atoms with Gasteiger partial charge < -0.3 is 25.5 Å². The number of carbonyl (C=O) groups excluding carboxylic acids is 1. The molecule has 2 aromatic rings. The third-order valence-electron chi connectivity index (χ3n) is 5.69. The summed E-state index contributed by atoms with van der Waals surface area (Å²) in [5.74, 6) is 0.647. The van der Waals surface area contributed by atoms with Gasteiger partial charge in [0, 0.05) is 62.8 Å². The van der Waals surface area contributed by atoms with Crippen molar-refractivity contribution in [2.24, 2.45) is 0 Å². The average Bonchev–Trinajstić information content (AvgIpc) is 2.73. The van der Waals surface area contributed by atoms with E-state index in [1.54, 1.807) is 17.3 Å². The number of rotatable bonds is 3. The van der Waals surface area contributed by atoms with Gasteiger partial charge in [0.25, 0.3) is 0 Å². The van der Waals surface area contributed by atoms with Crippen molar-refractivity contribution in [3.63, 3.8) is 0 Å². The number of carbonyl (C=O) groups is 2. The molecule has 9 heteroatoms. The molecular formula is C21H26N6O3. The smallest absolute Gasteiger partial charge is 0.405 e. The van der Waals surface area contributed by atoms with Crippen molar-refractivity contribution in [2.45, 2.75) is 32.4 Å². The van der Waals surface area contributed by atoms with Gasteiger partial charge in [-0.05, 0) is 36.6 Å². The predicted octanol–water partition coefficient (Wildman–Crippen LogP) is 2.01. The molecule has 9 nitrogen and oxygen atoms in total. The third kappa shape index (κ3) is 3.93. The lowest BCUT2D eigenvalue weighted by Gasteiger charge is -2.39. The van der Waals surface area contributed by atoms with Crippen LogP contribution < -0.4 is 20.4 Å². The zero-order valence-corrected chi connectivity index (χ0v) is 17.1. The second-order valence-corrected chi connectivity index (χ2v) is 7.76. The molecule has 4 rings (SSSR count). The maximum Gasteiger partial charge on any atom is 0.405 e. The number of piperazine rings is 1. The highest BCUT2D eigenvalue weighted by atomic mass is 16.4. The van der Waals surface area contributed by atoms with E-state index in [9.17, 15) is 14.7 Å². The molecule has 2 aliphatic heterocycles. The summed E-state index contributed by atoms with van der Waals surface area (Å²) in [6, 6.07) is 5.25. The van der Waals surface area contributed by atoms with E-state index in [1.165, 1.54) is 6.92 Å². The Hall–Kier alpha value is -3.20. The van der Waals surface area contributed by atoms with Gasteiger partial charge in [-0.15, -0.1) is 0 Å². The number of nitrogens with one attached hydrogen (secondary N) is 2. The van der Waals surface area contributed by atoms with E-state index in [0.717, 1.165) is 48.6 Å². The van der Waals surface area contributed by atoms with E-state index in [4.69, 9.17) is 0 Å². The maximum absolute atomic E-state index is 12.2. The summed E-state index contributed by atoms with van der Waals surface area (Å²) < 4.78 is 0. The summed E-state index contributed by atoms with van der Waals surface area (Å²) in [6.45, 7) is 7.04. The van der Waals surface area contributed by atoms with Gasteiger partial charge in [0.2, 0.25) is 11.9 Å². The first-order valence-corrected chi connectivity index (χ1v) is 10.2. The SMILES string of the molecule is CC(=O)N1c2ccc(-c3cnc(N4CCNCC4)nc3)cc2[C@@H](NC(=O)O)C[C@H]1C. The Labute approximate surface area is 175 Å². The Morgan fingerprint density at radius 1 is 1.17 bits per heavy atom. The highest BCUT2D eigenvalue weighted by molar-refractivity contribution is 5.94. The number of benzene rings is 1. The molecular weight excluding hydrogens is 384 g/mol. The van der Waals surface area contributed by atoms with Gasteiger partial charge in [-0.3, -0.25) is 4.79 Å². The van der Waals surface area contributed by atoms with Crippen LogP contribution in [0, 0.1) is 0 Å². The van der Waals surface area contributed by atoms with Crippen molar-refractivity contribution in [3.05, 3.63) is 36.2 Å². The minimum atomic E-state index is -1.08. The van der Waals surface area contributed by atoms with Crippen LogP contribution in [-0.2, 0) is 4.79 Å². The topological polar surface area (TPSA) is 111 Å². The molecule has 3 heterocycles. The van der Waals surface area contributed by atoms with Crippen LogP contribution in [0.3, 0.4) is 0 Å². The molecule has 1 aromatic carbocycles. The van der Waals surface area contributed by atoms with Crippen molar-refractivity contribution in [1.82, 2.24) is 20.6 Å². The quantitative estimate of drug-likeness (QED) is 0.710. The summed E-state index contributed by atoms with van der Waals surface area (Å²) in [5, 5.41) is 15.2. The fraction of sp³-hybridized carbons (Fsp3) is 0.429. The normalized spacial score (nSPS) is 21.1. The standard InChI is InChI=1S/C21H26N6O3/c1-13-9-18(25-21(29)30)17-10-15(3-4-19(17)27(13)14(2)28)16-11-23-20(24-12-16)26-7-5-22-6-8-26/h3-4,10-13,18,22,25H,5-9H2,1-2H3,(H,29,30)/t13-,18+/m1/s1. The van der Waals surface area contributed by atoms with Crippen LogP contribution in [0.2, 0.25) is 0 Å². The Kier molecular flexibility index (Phi) is 5.54. The Morgan fingerprint density at radius 3 is 2.50 bits per heavy atom. The number of anilines is 2. The second-order valence-electron chi connectivity index (χ2n) is 7.76. The minimum absolute atomic E-state index is 0.0611. The monoisotopic (exact) mass is 410 g/mol. The first-order valence-electron chi connectivity index (χ1n) is 10.2. The van der Waals surface area contributed by atoms with Crippen LogP contribution in [0.4, 0.5) is 16.4 Å². The van der Waals surface area contributed by atoms with Crippen LogP contribution in [0.15, 0.2) is 30.6 Å². The zero-order valence-electron chi connectivity index (χ0n) is 17.1. The van der Waals surface area contributed by atoms with Gasteiger partial charge in [0.05, 0.1) is 6.04 Å². The van der Waals surface area contributed by atoms with Crippen LogP contribution >= 0.6 is 0 Å². The molecule has 0 spiro atoms. The molecule has 2 aliphatic rings. The van der Waals surface area contributed by atoms with Gasteiger partial charge in [0.15, 0.2) is 0 Å². The Balaban J connectivity index is 1.67. The largest absolute Gasteiger partial charge is 0.465 e. The van der Waals surface area contributed by atoms with Crippen LogP contribution in [0.1, 0.15) is 31.9 Å². The lowest BCUT2D eigenvalue weighted by molar-refractivity contribution is -0.117. The van der Waals surface area contributed by atoms with Crippen molar-refractivity contribution in [2.75, 3.05) is 36.0 Å². The number of aromatic nitrogens is 2.